The van der Waals surface area contributed by atoms with Crippen molar-refractivity contribution in [2.75, 3.05) is 34.5 Å². The summed E-state index contributed by atoms with van der Waals surface area (Å²) in [4.78, 5) is 0. The number of hydrogen-bond donors (Lipinski definition) is 0. The summed E-state index contributed by atoms with van der Waals surface area (Å²) in [6.07, 6.45) is 1.13. The van der Waals surface area contributed by atoms with E-state index < -0.39 is 0 Å². The lowest BCUT2D eigenvalue weighted by Gasteiger charge is -2.17. The summed E-state index contributed by atoms with van der Waals surface area (Å²) in [6, 6.07) is 12.2. The van der Waals surface area contributed by atoms with Crippen LogP contribution in [0.4, 0.5) is 0 Å². The Morgan fingerprint density at radius 1 is 0.857 bits per heavy atom. The first-order valence-electron chi connectivity index (χ1n) is 9.66. The molecule has 1 atom stereocenters. The van der Waals surface area contributed by atoms with Crippen LogP contribution in [-0.4, -0.2) is 34.5 Å². The van der Waals surface area contributed by atoms with Crippen LogP contribution in [0.25, 0.3) is 0 Å². The fourth-order valence-electron chi connectivity index (χ4n) is 2.98. The van der Waals surface area contributed by atoms with Gasteiger partial charge < -0.3 is 23.7 Å². The van der Waals surface area contributed by atoms with Gasteiger partial charge in [-0.1, -0.05) is 26.0 Å². The minimum Gasteiger partial charge on any atom is -0.493 e. The first-order valence-corrected chi connectivity index (χ1v) is 9.66. The van der Waals surface area contributed by atoms with E-state index in [0.717, 1.165) is 23.3 Å². The van der Waals surface area contributed by atoms with E-state index in [1.807, 2.05) is 24.3 Å². The molecule has 0 bridgehead atoms. The van der Waals surface area contributed by atoms with Crippen molar-refractivity contribution in [1.29, 1.82) is 0 Å². The van der Waals surface area contributed by atoms with Crippen LogP contribution in [0.1, 0.15) is 42.9 Å². The molecule has 0 aromatic heterocycles. The highest BCUT2D eigenvalue weighted by Crippen LogP contribution is 2.34. The highest BCUT2D eigenvalue weighted by atomic mass is 16.5. The van der Waals surface area contributed by atoms with E-state index >= 15 is 0 Å². The quantitative estimate of drug-likeness (QED) is 0.481. The van der Waals surface area contributed by atoms with Crippen molar-refractivity contribution in [3.05, 3.63) is 53.1 Å². The average molecular weight is 389 g/mol. The summed E-state index contributed by atoms with van der Waals surface area (Å²) >= 11 is 0. The molecule has 0 aliphatic carbocycles. The number of methoxy groups -OCH3 is 3. The summed E-state index contributed by atoms with van der Waals surface area (Å²) in [6.45, 7) is 6.21. The van der Waals surface area contributed by atoms with Gasteiger partial charge in [-0.05, 0) is 47.7 Å². The molecule has 0 saturated heterocycles. The summed E-state index contributed by atoms with van der Waals surface area (Å²) in [5.41, 5.74) is 3.26. The lowest BCUT2D eigenvalue weighted by molar-refractivity contribution is 0.170. The maximum Gasteiger partial charge on any atom is 0.166 e. The van der Waals surface area contributed by atoms with Crippen LogP contribution in [0.15, 0.2) is 36.4 Å². The summed E-state index contributed by atoms with van der Waals surface area (Å²) in [7, 11) is 4.95. The maximum atomic E-state index is 5.98. The molecule has 2 rings (SSSR count). The van der Waals surface area contributed by atoms with Gasteiger partial charge in [0.1, 0.15) is 19.0 Å². The Balaban J connectivity index is 1.97. The normalized spacial score (nSPS) is 11.9. The Kier molecular flexibility index (Phi) is 9.11. The molecule has 0 spiro atoms. The van der Waals surface area contributed by atoms with E-state index in [1.165, 1.54) is 5.56 Å². The monoisotopic (exact) mass is 388 g/mol. The standard InChI is InChI=1S/C23H32O5/c1-6-17(2)19-7-9-21(10-8-19)27-11-12-28-23-20(16-25-4)13-18(15-24-3)14-22(23)26-5/h7-10,13-14,17H,6,11-12,15-16H2,1-5H3. The summed E-state index contributed by atoms with van der Waals surface area (Å²) in [5.74, 6) is 2.75. The van der Waals surface area contributed by atoms with E-state index in [0.29, 0.717) is 43.8 Å². The number of hydrogen-bond acceptors (Lipinski definition) is 5. The van der Waals surface area contributed by atoms with E-state index in [9.17, 15) is 0 Å². The predicted octanol–water partition coefficient (Wildman–Crippen LogP) is 4.96. The Morgan fingerprint density at radius 3 is 2.14 bits per heavy atom. The molecule has 154 valence electrons. The van der Waals surface area contributed by atoms with E-state index in [-0.39, 0.29) is 0 Å². The molecule has 5 nitrogen and oxygen atoms in total. The molecule has 2 aromatic carbocycles. The molecule has 1 unspecified atom stereocenters. The zero-order chi connectivity index (χ0) is 20.4. The molecule has 28 heavy (non-hydrogen) atoms. The van der Waals surface area contributed by atoms with Gasteiger partial charge in [-0.3, -0.25) is 0 Å². The van der Waals surface area contributed by atoms with Gasteiger partial charge in [-0.2, -0.15) is 0 Å². The van der Waals surface area contributed by atoms with Crippen LogP contribution in [0, 0.1) is 0 Å². The lowest BCUT2D eigenvalue weighted by Crippen LogP contribution is -2.11. The zero-order valence-corrected chi connectivity index (χ0v) is 17.6. The Hall–Kier alpha value is -2.24. The van der Waals surface area contributed by atoms with E-state index in [1.54, 1.807) is 21.3 Å². The number of benzene rings is 2. The van der Waals surface area contributed by atoms with Gasteiger partial charge in [-0.25, -0.2) is 0 Å². The van der Waals surface area contributed by atoms with Gasteiger partial charge in [-0.15, -0.1) is 0 Å². The third-order valence-electron chi connectivity index (χ3n) is 4.68. The Morgan fingerprint density at radius 2 is 1.54 bits per heavy atom. The summed E-state index contributed by atoms with van der Waals surface area (Å²) in [5, 5.41) is 0. The second-order valence-corrected chi connectivity index (χ2v) is 6.73. The van der Waals surface area contributed by atoms with Gasteiger partial charge in [0, 0.05) is 19.8 Å². The molecule has 0 aliphatic rings. The van der Waals surface area contributed by atoms with Crippen molar-refractivity contribution >= 4 is 0 Å². The van der Waals surface area contributed by atoms with Crippen molar-refractivity contribution in [2.24, 2.45) is 0 Å². The van der Waals surface area contributed by atoms with Crippen LogP contribution in [0.2, 0.25) is 0 Å². The van der Waals surface area contributed by atoms with Crippen molar-refractivity contribution in [1.82, 2.24) is 0 Å². The molecule has 0 N–H and O–H groups in total. The fourth-order valence-corrected chi connectivity index (χ4v) is 2.98. The van der Waals surface area contributed by atoms with Gasteiger partial charge in [0.15, 0.2) is 11.5 Å². The minimum absolute atomic E-state index is 0.407. The van der Waals surface area contributed by atoms with Gasteiger partial charge in [0.05, 0.1) is 20.3 Å². The second-order valence-electron chi connectivity index (χ2n) is 6.73. The lowest BCUT2D eigenvalue weighted by atomic mass is 9.99. The number of rotatable bonds is 12. The molecule has 0 saturated carbocycles. The number of ether oxygens (including phenoxy) is 5. The van der Waals surface area contributed by atoms with Crippen LogP contribution >= 0.6 is 0 Å². The highest BCUT2D eigenvalue weighted by molar-refractivity contribution is 5.49. The topological polar surface area (TPSA) is 46.2 Å². The highest BCUT2D eigenvalue weighted by Gasteiger charge is 2.14. The van der Waals surface area contributed by atoms with E-state index in [2.05, 4.69) is 26.0 Å². The van der Waals surface area contributed by atoms with Crippen LogP contribution in [0.5, 0.6) is 17.2 Å². The van der Waals surface area contributed by atoms with Gasteiger partial charge in [0.2, 0.25) is 0 Å². The first-order chi connectivity index (χ1) is 13.6. The molecule has 2 aromatic rings. The van der Waals surface area contributed by atoms with Crippen molar-refractivity contribution in [3.63, 3.8) is 0 Å². The largest absolute Gasteiger partial charge is 0.493 e. The molecule has 0 amide bonds. The maximum absolute atomic E-state index is 5.98. The smallest absolute Gasteiger partial charge is 0.166 e. The molecular weight excluding hydrogens is 356 g/mol. The molecule has 0 radical (unpaired) electrons. The Bertz CT molecular complexity index is 712. The SMILES string of the molecule is CCC(C)c1ccc(OCCOc2c(COC)cc(COC)cc2OC)cc1. The summed E-state index contributed by atoms with van der Waals surface area (Å²) < 4.78 is 27.8. The molecular formula is C23H32O5. The molecule has 0 fully saturated rings. The first kappa shape index (κ1) is 22.1. The van der Waals surface area contributed by atoms with Crippen LogP contribution < -0.4 is 14.2 Å². The second kappa shape index (κ2) is 11.6. The van der Waals surface area contributed by atoms with Crippen molar-refractivity contribution in [3.8, 4) is 17.2 Å². The van der Waals surface area contributed by atoms with Crippen molar-refractivity contribution in [2.45, 2.75) is 39.4 Å². The third-order valence-corrected chi connectivity index (χ3v) is 4.68. The van der Waals surface area contributed by atoms with Crippen molar-refractivity contribution < 1.29 is 23.7 Å². The van der Waals surface area contributed by atoms with E-state index in [4.69, 9.17) is 23.7 Å². The minimum atomic E-state index is 0.407. The van der Waals surface area contributed by atoms with Crippen LogP contribution in [-0.2, 0) is 22.7 Å². The third kappa shape index (κ3) is 6.14. The molecule has 5 heteroatoms. The van der Waals surface area contributed by atoms with Gasteiger partial charge in [0.25, 0.3) is 0 Å². The molecule has 0 heterocycles. The van der Waals surface area contributed by atoms with Gasteiger partial charge >= 0.3 is 0 Å². The fraction of sp³-hybridized carbons (Fsp3) is 0.478. The predicted molar refractivity (Wildman–Crippen MR) is 111 cm³/mol. The van der Waals surface area contributed by atoms with Crippen LogP contribution in [0.3, 0.4) is 0 Å². The zero-order valence-electron chi connectivity index (χ0n) is 17.6. The molecule has 0 aliphatic heterocycles. The Labute approximate surface area is 168 Å². The average Bonchev–Trinajstić information content (AvgIpc) is 2.72.